The Balaban J connectivity index is 2.03. The number of nitrogens with two attached hydrogens (primary N) is 1. The third kappa shape index (κ3) is 1.78. The first kappa shape index (κ1) is 10.3. The van der Waals surface area contributed by atoms with Crippen LogP contribution in [0.1, 0.15) is 12.2 Å². The van der Waals surface area contributed by atoms with Crippen LogP contribution in [-0.4, -0.2) is 25.9 Å². The van der Waals surface area contributed by atoms with Crippen molar-refractivity contribution in [3.05, 3.63) is 30.1 Å². The summed E-state index contributed by atoms with van der Waals surface area (Å²) in [5, 5.41) is 14.2. The maximum atomic E-state index is 9.76. The lowest BCUT2D eigenvalue weighted by molar-refractivity contribution is 0.422. The van der Waals surface area contributed by atoms with E-state index >= 15 is 0 Å². The number of para-hydroxylation sites is 1. The normalized spacial score (nSPS) is 19.0. The first-order valence-electron chi connectivity index (χ1n) is 5.71. The summed E-state index contributed by atoms with van der Waals surface area (Å²) in [4.78, 5) is 4.45. The van der Waals surface area contributed by atoms with Crippen molar-refractivity contribution >= 4 is 0 Å². The van der Waals surface area contributed by atoms with Crippen molar-refractivity contribution in [3.63, 3.8) is 0 Å². The molecule has 0 fully saturated rings. The number of phenolic OH excluding ortho intramolecular Hbond substituents is 1. The Morgan fingerprint density at radius 1 is 1.35 bits per heavy atom. The number of fused-ring (bicyclic) bond motifs is 1. The van der Waals surface area contributed by atoms with E-state index in [9.17, 15) is 5.11 Å². The van der Waals surface area contributed by atoms with Gasteiger partial charge in [0.15, 0.2) is 5.82 Å². The van der Waals surface area contributed by atoms with Crippen molar-refractivity contribution < 1.29 is 5.11 Å². The van der Waals surface area contributed by atoms with E-state index in [0.29, 0.717) is 17.9 Å². The fourth-order valence-electron chi connectivity index (χ4n) is 2.11. The van der Waals surface area contributed by atoms with Gasteiger partial charge >= 0.3 is 0 Å². The molecule has 1 atom stereocenters. The number of aromatic nitrogens is 3. The Kier molecular flexibility index (Phi) is 2.33. The molecule has 1 aliphatic heterocycles. The number of nitrogens with zero attached hydrogens (tertiary/aromatic N) is 3. The minimum absolute atomic E-state index is 0.154. The van der Waals surface area contributed by atoms with Crippen LogP contribution in [0.25, 0.3) is 11.4 Å². The maximum absolute atomic E-state index is 9.76. The Morgan fingerprint density at radius 3 is 3.00 bits per heavy atom. The van der Waals surface area contributed by atoms with Gasteiger partial charge < -0.3 is 10.8 Å². The summed E-state index contributed by atoms with van der Waals surface area (Å²) >= 11 is 0. The fraction of sp³-hybridized carbons (Fsp3) is 0.333. The van der Waals surface area contributed by atoms with Crippen molar-refractivity contribution in [3.8, 4) is 17.1 Å². The zero-order valence-corrected chi connectivity index (χ0v) is 9.37. The van der Waals surface area contributed by atoms with Crippen LogP contribution in [0.2, 0.25) is 0 Å². The molecule has 5 nitrogen and oxygen atoms in total. The molecule has 1 aromatic carbocycles. The number of rotatable bonds is 1. The lowest BCUT2D eigenvalue weighted by Gasteiger charge is -2.17. The molecule has 0 amide bonds. The molecule has 1 unspecified atom stereocenters. The lowest BCUT2D eigenvalue weighted by Crippen LogP contribution is -2.32. The van der Waals surface area contributed by atoms with E-state index in [4.69, 9.17) is 5.73 Å². The zero-order valence-electron chi connectivity index (χ0n) is 9.37. The molecular formula is C12H14N4O. The van der Waals surface area contributed by atoms with Crippen LogP contribution in [0, 0.1) is 0 Å². The highest BCUT2D eigenvalue weighted by Crippen LogP contribution is 2.26. The van der Waals surface area contributed by atoms with Crippen molar-refractivity contribution in [2.75, 3.05) is 0 Å². The molecule has 0 spiro atoms. The second-order valence-electron chi connectivity index (χ2n) is 4.35. The minimum Gasteiger partial charge on any atom is -0.507 e. The van der Waals surface area contributed by atoms with Gasteiger partial charge in [0.2, 0.25) is 0 Å². The van der Waals surface area contributed by atoms with E-state index in [2.05, 4.69) is 10.1 Å². The van der Waals surface area contributed by atoms with E-state index in [-0.39, 0.29) is 11.8 Å². The standard InChI is InChI=1S/C12H14N4O/c13-8-5-6-11-14-12(15-16(11)7-8)9-3-1-2-4-10(9)17/h1-4,8,17H,5-7,13H2. The Hall–Kier alpha value is -1.88. The Morgan fingerprint density at radius 2 is 2.18 bits per heavy atom. The predicted octanol–water partition coefficient (Wildman–Crippen LogP) is 0.924. The lowest BCUT2D eigenvalue weighted by atomic mass is 10.1. The highest BCUT2D eigenvalue weighted by atomic mass is 16.3. The second kappa shape index (κ2) is 3.85. The maximum Gasteiger partial charge on any atom is 0.185 e. The van der Waals surface area contributed by atoms with Gasteiger partial charge in [-0.2, -0.15) is 5.10 Å². The Bertz CT molecular complexity index is 549. The average Bonchev–Trinajstić information content (AvgIpc) is 2.72. The number of hydrogen-bond donors (Lipinski definition) is 2. The summed E-state index contributed by atoms with van der Waals surface area (Å²) in [6, 6.07) is 7.25. The molecule has 2 heterocycles. The molecule has 3 N–H and O–H groups in total. The van der Waals surface area contributed by atoms with E-state index in [1.54, 1.807) is 12.1 Å². The molecule has 1 aliphatic rings. The molecular weight excluding hydrogens is 216 g/mol. The van der Waals surface area contributed by atoms with Crippen LogP contribution in [-0.2, 0) is 13.0 Å². The van der Waals surface area contributed by atoms with Crippen LogP contribution in [0.3, 0.4) is 0 Å². The number of phenols is 1. The molecule has 0 radical (unpaired) electrons. The van der Waals surface area contributed by atoms with Crippen LogP contribution >= 0.6 is 0 Å². The Labute approximate surface area is 98.9 Å². The van der Waals surface area contributed by atoms with Gasteiger partial charge in [-0.05, 0) is 18.6 Å². The SMILES string of the molecule is NC1CCc2nc(-c3ccccc3O)nn2C1. The van der Waals surface area contributed by atoms with Crippen molar-refractivity contribution in [2.24, 2.45) is 5.73 Å². The summed E-state index contributed by atoms with van der Waals surface area (Å²) in [5.74, 6) is 1.73. The molecule has 1 aromatic heterocycles. The van der Waals surface area contributed by atoms with Gasteiger partial charge in [0.05, 0.1) is 12.1 Å². The highest BCUT2D eigenvalue weighted by molar-refractivity contribution is 5.63. The van der Waals surface area contributed by atoms with E-state index in [0.717, 1.165) is 18.7 Å². The molecule has 17 heavy (non-hydrogen) atoms. The van der Waals surface area contributed by atoms with Crippen molar-refractivity contribution in [1.82, 2.24) is 14.8 Å². The average molecular weight is 230 g/mol. The number of aryl methyl sites for hydroxylation is 1. The monoisotopic (exact) mass is 230 g/mol. The van der Waals surface area contributed by atoms with E-state index in [1.807, 2.05) is 16.8 Å². The first-order valence-corrected chi connectivity index (χ1v) is 5.71. The molecule has 0 saturated heterocycles. The molecule has 88 valence electrons. The molecule has 2 aromatic rings. The zero-order chi connectivity index (χ0) is 11.8. The minimum atomic E-state index is 0.154. The topological polar surface area (TPSA) is 77.0 Å². The molecule has 0 bridgehead atoms. The van der Waals surface area contributed by atoms with Gasteiger partial charge in [-0.3, -0.25) is 0 Å². The quantitative estimate of drug-likeness (QED) is 0.763. The third-order valence-electron chi connectivity index (χ3n) is 3.04. The smallest absolute Gasteiger partial charge is 0.185 e. The van der Waals surface area contributed by atoms with Gasteiger partial charge in [0, 0.05) is 12.5 Å². The number of benzene rings is 1. The summed E-state index contributed by atoms with van der Waals surface area (Å²) in [7, 11) is 0. The van der Waals surface area contributed by atoms with Crippen LogP contribution < -0.4 is 5.73 Å². The fourth-order valence-corrected chi connectivity index (χ4v) is 2.11. The van der Waals surface area contributed by atoms with Gasteiger partial charge in [-0.1, -0.05) is 12.1 Å². The molecule has 0 saturated carbocycles. The molecule has 5 heteroatoms. The van der Waals surface area contributed by atoms with Gasteiger partial charge in [0.1, 0.15) is 11.6 Å². The van der Waals surface area contributed by atoms with E-state index < -0.39 is 0 Å². The van der Waals surface area contributed by atoms with Crippen LogP contribution in [0.5, 0.6) is 5.75 Å². The van der Waals surface area contributed by atoms with Crippen molar-refractivity contribution in [2.45, 2.75) is 25.4 Å². The van der Waals surface area contributed by atoms with Crippen LogP contribution in [0.4, 0.5) is 0 Å². The predicted molar refractivity (Wildman–Crippen MR) is 63.4 cm³/mol. The van der Waals surface area contributed by atoms with E-state index in [1.165, 1.54) is 0 Å². The summed E-state index contributed by atoms with van der Waals surface area (Å²) < 4.78 is 1.84. The summed E-state index contributed by atoms with van der Waals surface area (Å²) in [5.41, 5.74) is 6.56. The summed E-state index contributed by atoms with van der Waals surface area (Å²) in [6.07, 6.45) is 1.79. The largest absolute Gasteiger partial charge is 0.507 e. The first-order chi connectivity index (χ1) is 8.24. The number of hydrogen-bond acceptors (Lipinski definition) is 4. The summed E-state index contributed by atoms with van der Waals surface area (Å²) in [6.45, 7) is 0.704. The molecule has 0 aliphatic carbocycles. The van der Waals surface area contributed by atoms with Gasteiger partial charge in [0.25, 0.3) is 0 Å². The van der Waals surface area contributed by atoms with Crippen LogP contribution in [0.15, 0.2) is 24.3 Å². The molecule has 3 rings (SSSR count). The van der Waals surface area contributed by atoms with Gasteiger partial charge in [-0.25, -0.2) is 9.67 Å². The number of aromatic hydroxyl groups is 1. The van der Waals surface area contributed by atoms with Crippen molar-refractivity contribution in [1.29, 1.82) is 0 Å². The highest BCUT2D eigenvalue weighted by Gasteiger charge is 2.20. The third-order valence-corrected chi connectivity index (χ3v) is 3.04. The van der Waals surface area contributed by atoms with Gasteiger partial charge in [-0.15, -0.1) is 0 Å². The second-order valence-corrected chi connectivity index (χ2v) is 4.35.